The third-order valence-electron chi connectivity index (χ3n) is 2.70. The van der Waals surface area contributed by atoms with Crippen molar-refractivity contribution in [3.8, 4) is 0 Å². The average molecular weight is 234 g/mol. The SMILES string of the molecule is Cc1ccc(C(C)CC(=O)OCC(C)C)cc1. The molecule has 0 aliphatic heterocycles. The van der Waals surface area contributed by atoms with Crippen LogP contribution in [0.5, 0.6) is 0 Å². The molecule has 1 unspecified atom stereocenters. The van der Waals surface area contributed by atoms with E-state index in [0.29, 0.717) is 18.9 Å². The molecule has 0 spiro atoms. The van der Waals surface area contributed by atoms with E-state index in [-0.39, 0.29) is 11.9 Å². The van der Waals surface area contributed by atoms with Gasteiger partial charge in [0.25, 0.3) is 0 Å². The molecule has 0 aromatic heterocycles. The quantitative estimate of drug-likeness (QED) is 0.726. The molecule has 0 radical (unpaired) electrons. The normalized spacial score (nSPS) is 12.5. The second-order valence-corrected chi connectivity index (χ2v) is 5.09. The van der Waals surface area contributed by atoms with E-state index >= 15 is 0 Å². The first-order valence-electron chi connectivity index (χ1n) is 6.21. The molecule has 1 atom stereocenters. The number of esters is 1. The third kappa shape index (κ3) is 5.03. The van der Waals surface area contributed by atoms with Crippen molar-refractivity contribution in [1.29, 1.82) is 0 Å². The summed E-state index contributed by atoms with van der Waals surface area (Å²) in [4.78, 5) is 11.6. The molecule has 0 heterocycles. The zero-order valence-electron chi connectivity index (χ0n) is 11.2. The molecule has 2 heteroatoms. The van der Waals surface area contributed by atoms with Crippen LogP contribution in [0.1, 0.15) is 44.2 Å². The Bertz CT molecular complexity index is 352. The van der Waals surface area contributed by atoms with Crippen LogP contribution in [0.4, 0.5) is 0 Å². The van der Waals surface area contributed by atoms with Crippen molar-refractivity contribution in [2.75, 3.05) is 6.61 Å². The van der Waals surface area contributed by atoms with Crippen molar-refractivity contribution in [3.63, 3.8) is 0 Å². The Balaban J connectivity index is 2.46. The highest BCUT2D eigenvalue weighted by atomic mass is 16.5. The zero-order chi connectivity index (χ0) is 12.8. The van der Waals surface area contributed by atoms with E-state index in [2.05, 4.69) is 38.1 Å². The lowest BCUT2D eigenvalue weighted by Gasteiger charge is -2.12. The van der Waals surface area contributed by atoms with E-state index in [4.69, 9.17) is 4.74 Å². The van der Waals surface area contributed by atoms with Crippen LogP contribution < -0.4 is 0 Å². The molecule has 0 aliphatic rings. The van der Waals surface area contributed by atoms with Gasteiger partial charge < -0.3 is 4.74 Å². The molecule has 0 fully saturated rings. The van der Waals surface area contributed by atoms with Crippen molar-refractivity contribution >= 4 is 5.97 Å². The molecule has 1 aromatic rings. The van der Waals surface area contributed by atoms with E-state index < -0.39 is 0 Å². The second-order valence-electron chi connectivity index (χ2n) is 5.09. The predicted octanol–water partition coefficient (Wildman–Crippen LogP) is 3.69. The molecule has 0 amide bonds. The summed E-state index contributed by atoms with van der Waals surface area (Å²) in [5.41, 5.74) is 2.43. The van der Waals surface area contributed by atoms with Crippen LogP contribution in [0, 0.1) is 12.8 Å². The van der Waals surface area contributed by atoms with Crippen molar-refractivity contribution in [2.45, 2.75) is 40.0 Å². The predicted molar refractivity (Wildman–Crippen MR) is 70.0 cm³/mol. The number of hydrogen-bond acceptors (Lipinski definition) is 2. The number of ether oxygens (including phenoxy) is 1. The van der Waals surface area contributed by atoms with Gasteiger partial charge in [-0.05, 0) is 24.3 Å². The van der Waals surface area contributed by atoms with Crippen LogP contribution in [0.2, 0.25) is 0 Å². The fourth-order valence-corrected chi connectivity index (χ4v) is 1.58. The Kier molecular flexibility index (Phi) is 5.20. The summed E-state index contributed by atoms with van der Waals surface area (Å²) in [5, 5.41) is 0. The number of rotatable bonds is 5. The summed E-state index contributed by atoms with van der Waals surface area (Å²) in [6.07, 6.45) is 0.454. The fraction of sp³-hybridized carbons (Fsp3) is 0.533. The topological polar surface area (TPSA) is 26.3 Å². The van der Waals surface area contributed by atoms with Gasteiger partial charge in [-0.25, -0.2) is 0 Å². The van der Waals surface area contributed by atoms with Crippen LogP contribution in [-0.2, 0) is 9.53 Å². The molecule has 1 rings (SSSR count). The molecule has 0 aliphatic carbocycles. The number of aryl methyl sites for hydroxylation is 1. The van der Waals surface area contributed by atoms with Gasteiger partial charge in [-0.1, -0.05) is 50.6 Å². The average Bonchev–Trinajstić information content (AvgIpc) is 2.27. The molecule has 94 valence electrons. The highest BCUT2D eigenvalue weighted by Crippen LogP contribution is 2.19. The van der Waals surface area contributed by atoms with Gasteiger partial charge in [-0.3, -0.25) is 4.79 Å². The maximum absolute atomic E-state index is 11.6. The maximum atomic E-state index is 11.6. The van der Waals surface area contributed by atoms with Crippen molar-refractivity contribution in [1.82, 2.24) is 0 Å². The standard InChI is InChI=1S/C15H22O2/c1-11(2)10-17-15(16)9-13(4)14-7-5-12(3)6-8-14/h5-8,11,13H,9-10H2,1-4H3. The summed E-state index contributed by atoms with van der Waals surface area (Å²) in [7, 11) is 0. The minimum atomic E-state index is -0.105. The summed E-state index contributed by atoms with van der Waals surface area (Å²) in [5.74, 6) is 0.510. The summed E-state index contributed by atoms with van der Waals surface area (Å²) >= 11 is 0. The minimum absolute atomic E-state index is 0.105. The lowest BCUT2D eigenvalue weighted by atomic mass is 9.97. The monoisotopic (exact) mass is 234 g/mol. The Labute approximate surface area is 104 Å². The van der Waals surface area contributed by atoms with Crippen LogP contribution >= 0.6 is 0 Å². The van der Waals surface area contributed by atoms with Gasteiger partial charge in [0.05, 0.1) is 13.0 Å². The van der Waals surface area contributed by atoms with Gasteiger partial charge in [0.1, 0.15) is 0 Å². The fourth-order valence-electron chi connectivity index (χ4n) is 1.58. The highest BCUT2D eigenvalue weighted by Gasteiger charge is 2.12. The first-order valence-corrected chi connectivity index (χ1v) is 6.21. The molecule has 0 N–H and O–H groups in total. The lowest BCUT2D eigenvalue weighted by Crippen LogP contribution is -2.12. The summed E-state index contributed by atoms with van der Waals surface area (Å²) < 4.78 is 5.18. The summed E-state index contributed by atoms with van der Waals surface area (Å²) in [6.45, 7) is 8.71. The van der Waals surface area contributed by atoms with Crippen molar-refractivity contribution in [2.24, 2.45) is 5.92 Å². The van der Waals surface area contributed by atoms with E-state index in [1.54, 1.807) is 0 Å². The van der Waals surface area contributed by atoms with Gasteiger partial charge in [0, 0.05) is 0 Å². The van der Waals surface area contributed by atoms with Crippen LogP contribution in [0.15, 0.2) is 24.3 Å². The van der Waals surface area contributed by atoms with Gasteiger partial charge in [-0.2, -0.15) is 0 Å². The molecule has 17 heavy (non-hydrogen) atoms. The van der Waals surface area contributed by atoms with E-state index in [9.17, 15) is 4.79 Å². The molecule has 2 nitrogen and oxygen atoms in total. The Hall–Kier alpha value is -1.31. The zero-order valence-corrected chi connectivity index (χ0v) is 11.2. The first-order chi connectivity index (χ1) is 7.99. The molecule has 0 bridgehead atoms. The number of benzene rings is 1. The first kappa shape index (κ1) is 13.8. The molecule has 1 aromatic carbocycles. The van der Waals surface area contributed by atoms with Crippen LogP contribution in [0.25, 0.3) is 0 Å². The van der Waals surface area contributed by atoms with Gasteiger partial charge in [0.2, 0.25) is 0 Å². The smallest absolute Gasteiger partial charge is 0.306 e. The van der Waals surface area contributed by atoms with Crippen LogP contribution in [0.3, 0.4) is 0 Å². The van der Waals surface area contributed by atoms with Gasteiger partial charge >= 0.3 is 5.97 Å². The highest BCUT2D eigenvalue weighted by molar-refractivity contribution is 5.70. The van der Waals surface area contributed by atoms with Crippen LogP contribution in [-0.4, -0.2) is 12.6 Å². The lowest BCUT2D eigenvalue weighted by molar-refractivity contribution is -0.145. The number of carbonyl (C=O) groups excluding carboxylic acids is 1. The second kappa shape index (κ2) is 6.43. The van der Waals surface area contributed by atoms with Crippen molar-refractivity contribution in [3.05, 3.63) is 35.4 Å². The number of carbonyl (C=O) groups is 1. The molecular formula is C15H22O2. The molecule has 0 saturated carbocycles. The Morgan fingerprint density at radius 3 is 2.29 bits per heavy atom. The Morgan fingerprint density at radius 2 is 1.76 bits per heavy atom. The largest absolute Gasteiger partial charge is 0.465 e. The number of hydrogen-bond donors (Lipinski definition) is 0. The van der Waals surface area contributed by atoms with Crippen molar-refractivity contribution < 1.29 is 9.53 Å². The Morgan fingerprint density at radius 1 is 1.18 bits per heavy atom. The van der Waals surface area contributed by atoms with E-state index in [0.717, 1.165) is 0 Å². The molecule has 0 saturated heterocycles. The third-order valence-corrected chi connectivity index (χ3v) is 2.70. The van der Waals surface area contributed by atoms with E-state index in [1.807, 2.05) is 13.8 Å². The van der Waals surface area contributed by atoms with Gasteiger partial charge in [0.15, 0.2) is 0 Å². The maximum Gasteiger partial charge on any atom is 0.306 e. The summed E-state index contributed by atoms with van der Waals surface area (Å²) in [6, 6.07) is 8.31. The van der Waals surface area contributed by atoms with E-state index in [1.165, 1.54) is 11.1 Å². The minimum Gasteiger partial charge on any atom is -0.465 e. The molecular weight excluding hydrogens is 212 g/mol. The van der Waals surface area contributed by atoms with Gasteiger partial charge in [-0.15, -0.1) is 0 Å².